The summed E-state index contributed by atoms with van der Waals surface area (Å²) >= 11 is 0. The first-order chi connectivity index (χ1) is 8.42. The minimum Gasteiger partial charge on any atom is -0.406 e. The van der Waals surface area contributed by atoms with E-state index < -0.39 is 6.36 Å². The van der Waals surface area contributed by atoms with Gasteiger partial charge in [-0.2, -0.15) is 0 Å². The molecule has 1 aromatic rings. The highest BCUT2D eigenvalue weighted by Gasteiger charge is 2.31. The van der Waals surface area contributed by atoms with Crippen molar-refractivity contribution in [1.82, 2.24) is 4.90 Å². The van der Waals surface area contributed by atoms with Crippen LogP contribution in [-0.2, 0) is 6.54 Å². The predicted octanol–water partition coefficient (Wildman–Crippen LogP) is 2.15. The van der Waals surface area contributed by atoms with Crippen LogP contribution in [0.4, 0.5) is 13.2 Å². The van der Waals surface area contributed by atoms with Crippen LogP contribution in [0.25, 0.3) is 0 Å². The van der Waals surface area contributed by atoms with Crippen LogP contribution in [0, 0.1) is 0 Å². The van der Waals surface area contributed by atoms with E-state index in [0.29, 0.717) is 13.1 Å². The van der Waals surface area contributed by atoms with E-state index in [4.69, 9.17) is 0 Å². The zero-order chi connectivity index (χ0) is 13.2. The van der Waals surface area contributed by atoms with Gasteiger partial charge in [0.25, 0.3) is 0 Å². The topological polar surface area (TPSA) is 32.7 Å². The normalized spacial score (nSPS) is 21.2. The van der Waals surface area contributed by atoms with Crippen LogP contribution >= 0.6 is 0 Å². The Bertz CT molecular complexity index is 391. The van der Waals surface area contributed by atoms with Gasteiger partial charge in [-0.3, -0.25) is 4.90 Å². The summed E-state index contributed by atoms with van der Waals surface area (Å²) in [4.78, 5) is 2.06. The molecule has 1 fully saturated rings. The first-order valence-corrected chi connectivity index (χ1v) is 5.67. The number of hydrogen-bond donors (Lipinski definition) is 1. The largest absolute Gasteiger partial charge is 0.573 e. The van der Waals surface area contributed by atoms with E-state index in [9.17, 15) is 18.3 Å². The number of benzene rings is 1. The highest BCUT2D eigenvalue weighted by Crippen LogP contribution is 2.23. The molecule has 1 unspecified atom stereocenters. The fourth-order valence-corrected chi connectivity index (χ4v) is 2.01. The van der Waals surface area contributed by atoms with Crippen molar-refractivity contribution < 1.29 is 23.0 Å². The Kier molecular flexibility index (Phi) is 3.77. The van der Waals surface area contributed by atoms with E-state index in [1.807, 2.05) is 0 Å². The molecule has 0 aliphatic carbocycles. The molecule has 0 aromatic heterocycles. The van der Waals surface area contributed by atoms with E-state index in [1.54, 1.807) is 12.1 Å². The minimum atomic E-state index is -4.65. The lowest BCUT2D eigenvalue weighted by Crippen LogP contribution is -2.21. The quantitative estimate of drug-likeness (QED) is 0.905. The highest BCUT2D eigenvalue weighted by molar-refractivity contribution is 5.27. The maximum Gasteiger partial charge on any atom is 0.573 e. The molecule has 0 saturated carbocycles. The second kappa shape index (κ2) is 5.16. The van der Waals surface area contributed by atoms with Crippen LogP contribution in [-0.4, -0.2) is 35.6 Å². The number of ether oxygens (including phenoxy) is 1. The molecule has 1 aliphatic rings. The standard InChI is InChI=1S/C12H14F3NO2/c13-12(14,15)18-11-3-1-9(2-4-11)7-16-6-5-10(17)8-16/h1-4,10,17H,5-8H2. The fraction of sp³-hybridized carbons (Fsp3) is 0.500. The Morgan fingerprint density at radius 2 is 1.94 bits per heavy atom. The summed E-state index contributed by atoms with van der Waals surface area (Å²) < 4.78 is 39.7. The number of alkyl halides is 3. The lowest BCUT2D eigenvalue weighted by Gasteiger charge is -2.15. The number of aliphatic hydroxyl groups excluding tert-OH is 1. The molecule has 1 saturated heterocycles. The summed E-state index contributed by atoms with van der Waals surface area (Å²) in [5, 5.41) is 9.36. The lowest BCUT2D eigenvalue weighted by atomic mass is 10.2. The van der Waals surface area contributed by atoms with Gasteiger partial charge in [-0.15, -0.1) is 13.2 Å². The zero-order valence-corrected chi connectivity index (χ0v) is 9.65. The molecule has 0 amide bonds. The monoisotopic (exact) mass is 261 g/mol. The van der Waals surface area contributed by atoms with Crippen molar-refractivity contribution in [2.75, 3.05) is 13.1 Å². The molecule has 3 nitrogen and oxygen atoms in total. The molecule has 0 radical (unpaired) electrons. The van der Waals surface area contributed by atoms with Crippen molar-refractivity contribution in [2.45, 2.75) is 25.4 Å². The molecule has 1 N–H and O–H groups in total. The Hall–Kier alpha value is -1.27. The molecule has 2 rings (SSSR count). The first-order valence-electron chi connectivity index (χ1n) is 5.67. The molecule has 1 atom stereocenters. The van der Waals surface area contributed by atoms with E-state index >= 15 is 0 Å². The molecule has 6 heteroatoms. The Morgan fingerprint density at radius 1 is 1.28 bits per heavy atom. The second-order valence-electron chi connectivity index (χ2n) is 4.37. The molecular formula is C12H14F3NO2. The molecule has 0 spiro atoms. The van der Waals surface area contributed by atoms with Gasteiger partial charge in [0.15, 0.2) is 0 Å². The van der Waals surface area contributed by atoms with Crippen LogP contribution in [0.1, 0.15) is 12.0 Å². The third kappa shape index (κ3) is 3.89. The van der Waals surface area contributed by atoms with Gasteiger partial charge in [-0.05, 0) is 24.1 Å². The molecule has 1 heterocycles. The van der Waals surface area contributed by atoms with Gasteiger partial charge in [-0.1, -0.05) is 12.1 Å². The smallest absolute Gasteiger partial charge is 0.406 e. The second-order valence-corrected chi connectivity index (χ2v) is 4.37. The average molecular weight is 261 g/mol. The fourth-order valence-electron chi connectivity index (χ4n) is 2.01. The summed E-state index contributed by atoms with van der Waals surface area (Å²) in [5.41, 5.74) is 0.902. The third-order valence-electron chi connectivity index (χ3n) is 2.81. The van der Waals surface area contributed by atoms with E-state index in [2.05, 4.69) is 9.64 Å². The highest BCUT2D eigenvalue weighted by atomic mass is 19.4. The van der Waals surface area contributed by atoms with Gasteiger partial charge in [-0.25, -0.2) is 0 Å². The molecule has 100 valence electrons. The van der Waals surface area contributed by atoms with E-state index in [-0.39, 0.29) is 11.9 Å². The first kappa shape index (κ1) is 13.2. The van der Waals surface area contributed by atoms with Crippen LogP contribution in [0.5, 0.6) is 5.75 Å². The maximum atomic E-state index is 12.0. The lowest BCUT2D eigenvalue weighted by molar-refractivity contribution is -0.274. The Morgan fingerprint density at radius 3 is 2.44 bits per heavy atom. The maximum absolute atomic E-state index is 12.0. The van der Waals surface area contributed by atoms with Crippen molar-refractivity contribution in [3.8, 4) is 5.75 Å². The number of nitrogens with zero attached hydrogens (tertiary/aromatic N) is 1. The van der Waals surface area contributed by atoms with Crippen LogP contribution in [0.2, 0.25) is 0 Å². The van der Waals surface area contributed by atoms with Crippen molar-refractivity contribution in [2.24, 2.45) is 0 Å². The average Bonchev–Trinajstić information content (AvgIpc) is 2.65. The van der Waals surface area contributed by atoms with Gasteiger partial charge in [0, 0.05) is 19.6 Å². The van der Waals surface area contributed by atoms with E-state index in [1.165, 1.54) is 12.1 Å². The van der Waals surface area contributed by atoms with Crippen LogP contribution in [0.3, 0.4) is 0 Å². The Labute approximate surface area is 103 Å². The summed E-state index contributed by atoms with van der Waals surface area (Å²) in [5.74, 6) is -0.215. The van der Waals surface area contributed by atoms with Crippen molar-refractivity contribution in [3.63, 3.8) is 0 Å². The van der Waals surface area contributed by atoms with Gasteiger partial charge in [0.1, 0.15) is 5.75 Å². The molecule has 1 aromatic carbocycles. The number of aliphatic hydroxyl groups is 1. The molecular weight excluding hydrogens is 247 g/mol. The summed E-state index contributed by atoms with van der Waals surface area (Å²) in [6.45, 7) is 2.05. The minimum absolute atomic E-state index is 0.215. The van der Waals surface area contributed by atoms with Gasteiger partial charge in [0.2, 0.25) is 0 Å². The predicted molar refractivity (Wildman–Crippen MR) is 59.0 cm³/mol. The summed E-state index contributed by atoms with van der Waals surface area (Å²) in [6, 6.07) is 5.81. The van der Waals surface area contributed by atoms with Crippen molar-refractivity contribution in [3.05, 3.63) is 29.8 Å². The van der Waals surface area contributed by atoms with Gasteiger partial charge >= 0.3 is 6.36 Å². The number of β-amino-alcohol motifs (C(OH)–C–C–N with tert-alkyl or cyclic N) is 1. The number of rotatable bonds is 3. The van der Waals surface area contributed by atoms with Crippen molar-refractivity contribution in [1.29, 1.82) is 0 Å². The van der Waals surface area contributed by atoms with Crippen LogP contribution < -0.4 is 4.74 Å². The zero-order valence-electron chi connectivity index (χ0n) is 9.65. The third-order valence-corrected chi connectivity index (χ3v) is 2.81. The number of hydrogen-bond acceptors (Lipinski definition) is 3. The molecule has 1 aliphatic heterocycles. The summed E-state index contributed by atoms with van der Waals surface area (Å²) in [7, 11) is 0. The Balaban J connectivity index is 1.91. The van der Waals surface area contributed by atoms with Gasteiger partial charge < -0.3 is 9.84 Å². The molecule has 18 heavy (non-hydrogen) atoms. The molecule has 0 bridgehead atoms. The van der Waals surface area contributed by atoms with Crippen molar-refractivity contribution >= 4 is 0 Å². The SMILES string of the molecule is OC1CCN(Cc2ccc(OC(F)(F)F)cc2)C1. The number of likely N-dealkylation sites (tertiary alicyclic amines) is 1. The summed E-state index contributed by atoms with van der Waals surface area (Å²) in [6.07, 6.45) is -4.20. The van der Waals surface area contributed by atoms with E-state index in [0.717, 1.165) is 18.5 Å². The van der Waals surface area contributed by atoms with Crippen LogP contribution in [0.15, 0.2) is 24.3 Å². The van der Waals surface area contributed by atoms with Gasteiger partial charge in [0.05, 0.1) is 6.10 Å². The number of halogens is 3.